The van der Waals surface area contributed by atoms with Gasteiger partial charge in [-0.3, -0.25) is 9.59 Å². The number of carbonyl (C=O) groups excluding carboxylic acids is 2. The highest BCUT2D eigenvalue weighted by Gasteiger charge is 2.44. The molecule has 4 N–H and O–H groups in total. The van der Waals surface area contributed by atoms with Crippen LogP contribution in [0.3, 0.4) is 0 Å². The average molecular weight is 535 g/mol. The maximum absolute atomic E-state index is 12.4. The van der Waals surface area contributed by atoms with Gasteiger partial charge in [-0.15, -0.1) is 0 Å². The van der Waals surface area contributed by atoms with Crippen LogP contribution >= 0.6 is 0 Å². The summed E-state index contributed by atoms with van der Waals surface area (Å²) in [7, 11) is 0. The Hall–Kier alpha value is -2.26. The smallest absolute Gasteiger partial charge is 0.313 e. The van der Waals surface area contributed by atoms with Crippen LogP contribution in [0.5, 0.6) is 0 Å². The Morgan fingerprint density at radius 1 is 1.05 bits per heavy atom. The van der Waals surface area contributed by atoms with Crippen molar-refractivity contribution in [2.75, 3.05) is 13.2 Å². The Morgan fingerprint density at radius 3 is 2.42 bits per heavy atom. The first-order valence-corrected chi connectivity index (χ1v) is 13.9. The summed E-state index contributed by atoms with van der Waals surface area (Å²) in [6.45, 7) is 2.62. The molecule has 5 atom stereocenters. The van der Waals surface area contributed by atoms with Crippen LogP contribution < -0.4 is 0 Å². The fourth-order valence-electron chi connectivity index (χ4n) is 5.03. The number of aliphatic hydroxyl groups excluding tert-OH is 4. The Bertz CT molecular complexity index is 836. The number of ether oxygens (including phenoxy) is 2. The molecule has 2 rings (SSSR count). The molecule has 38 heavy (non-hydrogen) atoms. The molecule has 1 fully saturated rings. The van der Waals surface area contributed by atoms with Gasteiger partial charge in [0.2, 0.25) is 0 Å². The molecule has 214 valence electrons. The lowest BCUT2D eigenvalue weighted by Crippen LogP contribution is -2.32. The van der Waals surface area contributed by atoms with Gasteiger partial charge < -0.3 is 29.9 Å². The molecule has 0 amide bonds. The number of unbranched alkanes of at least 4 members (excludes halogenated alkanes) is 1. The molecular formula is C30H46O8. The third-order valence-corrected chi connectivity index (χ3v) is 7.17. The van der Waals surface area contributed by atoms with E-state index in [1.165, 1.54) is 0 Å². The molecule has 8 heteroatoms. The van der Waals surface area contributed by atoms with E-state index in [9.17, 15) is 30.0 Å². The molecule has 0 spiro atoms. The van der Waals surface area contributed by atoms with Crippen LogP contribution in [0.15, 0.2) is 42.5 Å². The Balaban J connectivity index is 1.94. The summed E-state index contributed by atoms with van der Waals surface area (Å²) in [5.74, 6) is -2.21. The van der Waals surface area contributed by atoms with E-state index in [1.807, 2.05) is 56.3 Å². The second-order valence-corrected chi connectivity index (χ2v) is 10.6. The van der Waals surface area contributed by atoms with Crippen molar-refractivity contribution >= 4 is 11.9 Å². The van der Waals surface area contributed by atoms with E-state index in [-0.39, 0.29) is 30.3 Å². The minimum atomic E-state index is -1.01. The first-order valence-electron chi connectivity index (χ1n) is 13.9. The van der Waals surface area contributed by atoms with Crippen molar-refractivity contribution in [3.05, 3.63) is 48.0 Å². The highest BCUT2D eigenvalue weighted by Crippen LogP contribution is 2.40. The van der Waals surface area contributed by atoms with E-state index >= 15 is 0 Å². The zero-order valence-electron chi connectivity index (χ0n) is 22.8. The monoisotopic (exact) mass is 534 g/mol. The van der Waals surface area contributed by atoms with Gasteiger partial charge >= 0.3 is 11.9 Å². The number of benzene rings is 1. The molecule has 0 saturated heterocycles. The second kappa shape index (κ2) is 17.4. The fourth-order valence-corrected chi connectivity index (χ4v) is 5.03. The van der Waals surface area contributed by atoms with Gasteiger partial charge in [0.1, 0.15) is 12.0 Å². The Kier molecular flexibility index (Phi) is 14.6. The predicted octanol–water partition coefficient (Wildman–Crippen LogP) is 3.34. The molecular weight excluding hydrogens is 488 g/mol. The molecule has 0 unspecified atom stereocenters. The molecule has 0 bridgehead atoms. The minimum absolute atomic E-state index is 0.122. The summed E-state index contributed by atoms with van der Waals surface area (Å²) < 4.78 is 10.8. The summed E-state index contributed by atoms with van der Waals surface area (Å²) in [5, 5.41) is 40.2. The topological polar surface area (TPSA) is 134 Å². The maximum atomic E-state index is 12.4. The molecule has 8 nitrogen and oxygen atoms in total. The summed E-state index contributed by atoms with van der Waals surface area (Å²) in [6, 6.07) is 9.97. The van der Waals surface area contributed by atoms with Gasteiger partial charge in [0, 0.05) is 18.8 Å². The first-order chi connectivity index (χ1) is 18.2. The lowest BCUT2D eigenvalue weighted by atomic mass is 9.85. The van der Waals surface area contributed by atoms with Crippen LogP contribution in [0.4, 0.5) is 0 Å². The average Bonchev–Trinajstić information content (AvgIpc) is 3.17. The predicted molar refractivity (Wildman–Crippen MR) is 144 cm³/mol. The van der Waals surface area contributed by atoms with Crippen LogP contribution in [0, 0.1) is 17.8 Å². The highest BCUT2D eigenvalue weighted by atomic mass is 16.5. The number of rotatable bonds is 17. The van der Waals surface area contributed by atoms with Gasteiger partial charge in [0.15, 0.2) is 0 Å². The summed E-state index contributed by atoms with van der Waals surface area (Å²) in [5.41, 5.74) is 1.16. The minimum Gasteiger partial charge on any atom is -0.463 e. The molecule has 0 radical (unpaired) electrons. The van der Waals surface area contributed by atoms with Crippen LogP contribution in [-0.4, -0.2) is 70.0 Å². The maximum Gasteiger partial charge on any atom is 0.313 e. The van der Waals surface area contributed by atoms with Crippen molar-refractivity contribution in [3.8, 4) is 0 Å². The molecule has 0 aliphatic heterocycles. The van der Waals surface area contributed by atoms with Crippen LogP contribution in [0.2, 0.25) is 0 Å². The largest absolute Gasteiger partial charge is 0.463 e. The van der Waals surface area contributed by atoms with E-state index in [2.05, 4.69) is 0 Å². The number of hydrogen-bond acceptors (Lipinski definition) is 8. The number of aryl methyl sites for hydroxylation is 1. The fraction of sp³-hybridized carbons (Fsp3) is 0.667. The van der Waals surface area contributed by atoms with Crippen molar-refractivity contribution in [2.24, 2.45) is 17.8 Å². The number of carbonyl (C=O) groups is 2. The van der Waals surface area contributed by atoms with E-state index in [0.29, 0.717) is 44.9 Å². The van der Waals surface area contributed by atoms with Gasteiger partial charge in [-0.1, -0.05) is 42.5 Å². The van der Waals surface area contributed by atoms with Crippen LogP contribution in [0.1, 0.15) is 70.8 Å². The normalized spacial score (nSPS) is 22.3. The van der Waals surface area contributed by atoms with E-state index in [4.69, 9.17) is 9.47 Å². The number of esters is 2. The van der Waals surface area contributed by atoms with Gasteiger partial charge in [-0.05, 0) is 70.3 Å². The zero-order chi connectivity index (χ0) is 27.9. The summed E-state index contributed by atoms with van der Waals surface area (Å²) >= 11 is 0. The second-order valence-electron chi connectivity index (χ2n) is 10.6. The highest BCUT2D eigenvalue weighted by molar-refractivity contribution is 5.73. The lowest BCUT2D eigenvalue weighted by Gasteiger charge is -2.26. The van der Waals surface area contributed by atoms with Crippen LogP contribution in [-0.2, 0) is 25.5 Å². The molecule has 1 saturated carbocycles. The van der Waals surface area contributed by atoms with Gasteiger partial charge in [-0.25, -0.2) is 0 Å². The zero-order valence-corrected chi connectivity index (χ0v) is 22.8. The van der Waals surface area contributed by atoms with Gasteiger partial charge in [0.05, 0.1) is 31.5 Å². The summed E-state index contributed by atoms with van der Waals surface area (Å²) in [4.78, 5) is 24.1. The van der Waals surface area contributed by atoms with Gasteiger partial charge in [0.25, 0.3) is 0 Å². The molecule has 0 aromatic heterocycles. The number of hydrogen-bond donors (Lipinski definition) is 4. The van der Waals surface area contributed by atoms with Crippen molar-refractivity contribution in [1.29, 1.82) is 0 Å². The lowest BCUT2D eigenvalue weighted by molar-refractivity contribution is -0.159. The quantitative estimate of drug-likeness (QED) is 0.136. The van der Waals surface area contributed by atoms with Crippen molar-refractivity contribution in [2.45, 2.75) is 96.1 Å². The van der Waals surface area contributed by atoms with Crippen molar-refractivity contribution in [3.63, 3.8) is 0 Å². The van der Waals surface area contributed by atoms with E-state index in [1.54, 1.807) is 0 Å². The standard InChI is InChI=1S/C30H46O8/c1-21(2)37-29(35)13-9-4-3-8-12-25-26(17-16-24(33)15-14-22-10-6-5-7-11-22)28(18-27(25)34)38-30(36)23(19-31)20-32/h3,5-8,10-11,21,23-28,31-34H,4,9,12-20H2,1-2H3/t24-,25+,26+,27-,28+/m0/s1. The molecule has 1 aromatic rings. The Morgan fingerprint density at radius 2 is 1.76 bits per heavy atom. The van der Waals surface area contributed by atoms with Crippen LogP contribution in [0.25, 0.3) is 0 Å². The summed E-state index contributed by atoms with van der Waals surface area (Å²) in [6.07, 6.45) is 7.20. The molecule has 1 aliphatic carbocycles. The van der Waals surface area contributed by atoms with Crippen molar-refractivity contribution < 1.29 is 39.5 Å². The Labute approximate surface area is 226 Å². The SMILES string of the molecule is CC(C)OC(=O)CCCC=CC[C@@H]1[C@@H](CC[C@@H](O)CCc2ccccc2)[C@H](OC(=O)C(CO)CO)C[C@@H]1O. The third-order valence-electron chi connectivity index (χ3n) is 7.17. The number of aliphatic hydroxyl groups is 4. The molecule has 1 aliphatic rings. The molecule has 1 aromatic carbocycles. The third kappa shape index (κ3) is 11.2. The van der Waals surface area contributed by atoms with Crippen molar-refractivity contribution in [1.82, 2.24) is 0 Å². The van der Waals surface area contributed by atoms with E-state index < -0.39 is 43.4 Å². The first kappa shape index (κ1) is 32.0. The van der Waals surface area contributed by atoms with Gasteiger partial charge in [-0.2, -0.15) is 0 Å². The van der Waals surface area contributed by atoms with E-state index in [0.717, 1.165) is 12.0 Å². The molecule has 0 heterocycles. The number of allylic oxidation sites excluding steroid dienone is 2.